The van der Waals surface area contributed by atoms with Gasteiger partial charge in [0, 0.05) is 11.6 Å². The normalized spacial score (nSPS) is 10.7. The lowest BCUT2D eigenvalue weighted by molar-refractivity contribution is -0.113. The summed E-state index contributed by atoms with van der Waals surface area (Å²) in [6.45, 7) is 0.696. The third-order valence-electron chi connectivity index (χ3n) is 4.08. The lowest BCUT2D eigenvalue weighted by Crippen LogP contribution is -2.14. The van der Waals surface area contributed by atoms with Gasteiger partial charge in [0.15, 0.2) is 10.3 Å². The molecule has 0 fully saturated rings. The van der Waals surface area contributed by atoms with Gasteiger partial charge < -0.3 is 9.88 Å². The summed E-state index contributed by atoms with van der Waals surface area (Å²) in [6, 6.07) is 20.4. The number of benzene rings is 2. The molecule has 0 saturated carbocycles. The predicted octanol–water partition coefficient (Wildman–Crippen LogP) is 4.79. The zero-order chi connectivity index (χ0) is 19.2. The fourth-order valence-corrected chi connectivity index (χ4v) is 4.13. The van der Waals surface area contributed by atoms with Crippen LogP contribution in [0.5, 0.6) is 0 Å². The van der Waals surface area contributed by atoms with Gasteiger partial charge >= 0.3 is 0 Å². The van der Waals surface area contributed by atoms with Crippen molar-refractivity contribution in [2.75, 3.05) is 11.1 Å². The molecule has 28 heavy (non-hydrogen) atoms. The summed E-state index contributed by atoms with van der Waals surface area (Å²) < 4.78 is 2.16. The fourth-order valence-electron chi connectivity index (χ4n) is 2.80. The van der Waals surface area contributed by atoms with Crippen LogP contribution in [0.3, 0.4) is 0 Å². The molecule has 1 amide bonds. The zero-order valence-corrected chi connectivity index (χ0v) is 16.6. The van der Waals surface area contributed by atoms with Crippen molar-refractivity contribution in [3.8, 4) is 11.3 Å². The number of nitrogens with one attached hydrogen (secondary N) is 1. The highest BCUT2D eigenvalue weighted by Gasteiger charge is 2.14. The van der Waals surface area contributed by atoms with Gasteiger partial charge in [-0.2, -0.15) is 0 Å². The highest BCUT2D eigenvalue weighted by atomic mass is 32.2. The standard InChI is InChI=1S/C21H18N4OS2/c26-19(24-20-22-11-12-27-20)15-28-21-23-13-18(17-9-5-2-6-10-17)25(21)14-16-7-3-1-4-8-16/h1-13H,14-15H2,(H,22,24,26). The number of anilines is 1. The summed E-state index contributed by atoms with van der Waals surface area (Å²) >= 11 is 2.83. The van der Waals surface area contributed by atoms with Crippen molar-refractivity contribution >= 4 is 34.1 Å². The van der Waals surface area contributed by atoms with Crippen LogP contribution in [0.15, 0.2) is 83.6 Å². The van der Waals surface area contributed by atoms with Gasteiger partial charge in [-0.25, -0.2) is 9.97 Å². The van der Waals surface area contributed by atoms with E-state index < -0.39 is 0 Å². The van der Waals surface area contributed by atoms with Crippen LogP contribution in [0.1, 0.15) is 5.56 Å². The Morgan fingerprint density at radius 2 is 1.79 bits per heavy atom. The van der Waals surface area contributed by atoms with Gasteiger partial charge in [0.2, 0.25) is 5.91 Å². The third kappa shape index (κ3) is 4.49. The van der Waals surface area contributed by atoms with E-state index in [1.165, 1.54) is 28.7 Å². The second-order valence-electron chi connectivity index (χ2n) is 6.04. The first kappa shape index (κ1) is 18.5. The van der Waals surface area contributed by atoms with Gasteiger partial charge in [-0.05, 0) is 11.1 Å². The van der Waals surface area contributed by atoms with Crippen molar-refractivity contribution in [2.45, 2.75) is 11.7 Å². The van der Waals surface area contributed by atoms with Crippen LogP contribution < -0.4 is 5.32 Å². The molecule has 0 unspecified atom stereocenters. The van der Waals surface area contributed by atoms with Crippen molar-refractivity contribution in [2.24, 2.45) is 0 Å². The summed E-state index contributed by atoms with van der Waals surface area (Å²) in [5.41, 5.74) is 3.32. The predicted molar refractivity (Wildman–Crippen MR) is 115 cm³/mol. The second kappa shape index (κ2) is 8.86. The maximum Gasteiger partial charge on any atom is 0.236 e. The van der Waals surface area contributed by atoms with Crippen molar-refractivity contribution < 1.29 is 4.79 Å². The molecule has 7 heteroatoms. The van der Waals surface area contributed by atoms with Crippen LogP contribution in [0.4, 0.5) is 5.13 Å². The van der Waals surface area contributed by atoms with Crippen LogP contribution >= 0.6 is 23.1 Å². The molecule has 0 saturated heterocycles. The summed E-state index contributed by atoms with van der Waals surface area (Å²) in [5, 5.41) is 6.08. The minimum Gasteiger partial charge on any atom is -0.314 e. The maximum atomic E-state index is 12.2. The van der Waals surface area contributed by atoms with Gasteiger partial charge in [0.05, 0.1) is 24.2 Å². The number of amides is 1. The molecular weight excluding hydrogens is 388 g/mol. The van der Waals surface area contributed by atoms with Gasteiger partial charge in [-0.3, -0.25) is 4.79 Å². The molecular formula is C21H18N4OS2. The number of thiazole rings is 1. The van der Waals surface area contributed by atoms with Gasteiger partial charge in [-0.15, -0.1) is 11.3 Å². The molecule has 4 rings (SSSR count). The fraction of sp³-hybridized carbons (Fsp3) is 0.0952. The topological polar surface area (TPSA) is 59.8 Å². The van der Waals surface area contributed by atoms with E-state index in [9.17, 15) is 4.79 Å². The molecule has 0 aliphatic heterocycles. The molecule has 0 atom stereocenters. The van der Waals surface area contributed by atoms with Gasteiger partial charge in [0.25, 0.3) is 0 Å². The average Bonchev–Trinajstić information content (AvgIpc) is 3.38. The average molecular weight is 407 g/mol. The van der Waals surface area contributed by atoms with E-state index in [0.29, 0.717) is 11.7 Å². The quantitative estimate of drug-likeness (QED) is 0.449. The summed E-state index contributed by atoms with van der Waals surface area (Å²) in [7, 11) is 0. The summed E-state index contributed by atoms with van der Waals surface area (Å²) in [4.78, 5) is 20.9. The monoisotopic (exact) mass is 406 g/mol. The Hall–Kier alpha value is -2.90. The molecule has 5 nitrogen and oxygen atoms in total. The molecule has 0 radical (unpaired) electrons. The number of imidazole rings is 1. The van der Waals surface area contributed by atoms with E-state index >= 15 is 0 Å². The Morgan fingerprint density at radius 1 is 1.04 bits per heavy atom. The largest absolute Gasteiger partial charge is 0.314 e. The van der Waals surface area contributed by atoms with Crippen molar-refractivity contribution in [3.05, 3.63) is 84.0 Å². The molecule has 1 N–H and O–H groups in total. The first-order valence-electron chi connectivity index (χ1n) is 8.76. The number of carbonyl (C=O) groups excluding carboxylic acids is 1. The van der Waals surface area contributed by atoms with Crippen LogP contribution in [0.2, 0.25) is 0 Å². The molecule has 140 valence electrons. The molecule has 0 aliphatic carbocycles. The smallest absolute Gasteiger partial charge is 0.236 e. The third-order valence-corrected chi connectivity index (χ3v) is 5.76. The number of carbonyl (C=O) groups is 1. The lowest BCUT2D eigenvalue weighted by Gasteiger charge is -2.12. The number of nitrogens with zero attached hydrogens (tertiary/aromatic N) is 3. The SMILES string of the molecule is O=C(CSc1ncc(-c2ccccc2)n1Cc1ccccc1)Nc1nccs1. The Labute approximate surface area is 171 Å². The van der Waals surface area contributed by atoms with Crippen molar-refractivity contribution in [1.82, 2.24) is 14.5 Å². The molecule has 2 heterocycles. The number of thioether (sulfide) groups is 1. The summed E-state index contributed by atoms with van der Waals surface area (Å²) in [5.74, 6) is 0.190. The molecule has 0 bridgehead atoms. The van der Waals surface area contributed by atoms with Crippen molar-refractivity contribution in [1.29, 1.82) is 0 Å². The molecule has 2 aromatic carbocycles. The molecule has 0 spiro atoms. The Bertz CT molecular complexity index is 1030. The highest BCUT2D eigenvalue weighted by molar-refractivity contribution is 7.99. The van der Waals surface area contributed by atoms with E-state index in [-0.39, 0.29) is 11.7 Å². The molecule has 0 aliphatic rings. The lowest BCUT2D eigenvalue weighted by atomic mass is 10.1. The van der Waals surface area contributed by atoms with E-state index in [1.807, 2.05) is 48.0 Å². The minimum absolute atomic E-state index is 0.0875. The molecule has 4 aromatic rings. The van der Waals surface area contributed by atoms with Crippen molar-refractivity contribution in [3.63, 3.8) is 0 Å². The number of rotatable bonds is 7. The number of hydrogen-bond donors (Lipinski definition) is 1. The molecule has 2 aromatic heterocycles. The van der Waals surface area contributed by atoms with E-state index in [4.69, 9.17) is 0 Å². The minimum atomic E-state index is -0.0875. The van der Waals surface area contributed by atoms with Gasteiger partial charge in [0.1, 0.15) is 0 Å². The van der Waals surface area contributed by atoms with Crippen LogP contribution in [-0.2, 0) is 11.3 Å². The van der Waals surface area contributed by atoms with Crippen LogP contribution in [0.25, 0.3) is 11.3 Å². The van der Waals surface area contributed by atoms with Crippen LogP contribution in [0, 0.1) is 0 Å². The summed E-state index contributed by atoms with van der Waals surface area (Å²) in [6.07, 6.45) is 3.55. The first-order chi connectivity index (χ1) is 13.8. The Balaban J connectivity index is 1.56. The number of aromatic nitrogens is 3. The second-order valence-corrected chi connectivity index (χ2v) is 7.87. The van der Waals surface area contributed by atoms with E-state index in [0.717, 1.165) is 16.4 Å². The Morgan fingerprint density at radius 3 is 2.50 bits per heavy atom. The van der Waals surface area contributed by atoms with E-state index in [2.05, 4.69) is 44.1 Å². The Kier molecular flexibility index (Phi) is 5.84. The zero-order valence-electron chi connectivity index (χ0n) is 15.0. The van der Waals surface area contributed by atoms with Crippen LogP contribution in [-0.4, -0.2) is 26.2 Å². The maximum absolute atomic E-state index is 12.2. The van der Waals surface area contributed by atoms with Gasteiger partial charge in [-0.1, -0.05) is 72.4 Å². The first-order valence-corrected chi connectivity index (χ1v) is 10.6. The van der Waals surface area contributed by atoms with E-state index in [1.54, 1.807) is 6.20 Å². The highest BCUT2D eigenvalue weighted by Crippen LogP contribution is 2.27. The number of hydrogen-bond acceptors (Lipinski definition) is 5.